The van der Waals surface area contributed by atoms with Crippen LogP contribution in [0.25, 0.3) is 11.0 Å². The van der Waals surface area contributed by atoms with Gasteiger partial charge >= 0.3 is 0 Å². The van der Waals surface area contributed by atoms with Crippen LogP contribution in [0.15, 0.2) is 51.4 Å². The van der Waals surface area contributed by atoms with Gasteiger partial charge in [0.05, 0.1) is 21.8 Å². The van der Waals surface area contributed by atoms with Gasteiger partial charge in [-0.3, -0.25) is 0 Å². The van der Waals surface area contributed by atoms with Crippen LogP contribution in [0.3, 0.4) is 0 Å². The van der Waals surface area contributed by atoms with Crippen molar-refractivity contribution >= 4 is 55.8 Å². The predicted octanol–water partition coefficient (Wildman–Crippen LogP) is 6.68. The van der Waals surface area contributed by atoms with Crippen LogP contribution in [0.4, 0.5) is 5.69 Å². The zero-order valence-corrected chi connectivity index (χ0v) is 14.3. The van der Waals surface area contributed by atoms with E-state index in [2.05, 4.69) is 21.2 Å². The molecule has 0 aliphatic carbocycles. The Balaban J connectivity index is 1.89. The van der Waals surface area contributed by atoms with E-state index in [1.165, 1.54) is 0 Å². The first-order valence-electron chi connectivity index (χ1n) is 6.44. The fraction of sp³-hybridized carbons (Fsp3) is 0.125. The molecule has 0 amide bonds. The van der Waals surface area contributed by atoms with E-state index >= 15 is 0 Å². The van der Waals surface area contributed by atoms with Crippen molar-refractivity contribution < 1.29 is 4.42 Å². The molecule has 0 radical (unpaired) electrons. The average molecular weight is 385 g/mol. The van der Waals surface area contributed by atoms with E-state index in [1.54, 1.807) is 6.07 Å². The molecule has 0 saturated heterocycles. The number of fused-ring (bicyclic) bond motifs is 1. The zero-order chi connectivity index (χ0) is 15.0. The van der Waals surface area contributed by atoms with Gasteiger partial charge in [0, 0.05) is 9.86 Å². The first-order valence-corrected chi connectivity index (χ1v) is 7.99. The van der Waals surface area contributed by atoms with Crippen molar-refractivity contribution in [1.29, 1.82) is 0 Å². The van der Waals surface area contributed by atoms with Crippen molar-refractivity contribution in [3.05, 3.63) is 62.7 Å². The summed E-state index contributed by atoms with van der Waals surface area (Å²) in [7, 11) is 0. The van der Waals surface area contributed by atoms with Crippen molar-refractivity contribution in [1.82, 2.24) is 0 Å². The highest BCUT2D eigenvalue weighted by Gasteiger charge is 2.14. The van der Waals surface area contributed by atoms with Crippen LogP contribution in [-0.2, 0) is 0 Å². The highest BCUT2D eigenvalue weighted by atomic mass is 79.9. The van der Waals surface area contributed by atoms with Gasteiger partial charge in [0.15, 0.2) is 0 Å². The molecule has 2 nitrogen and oxygen atoms in total. The van der Waals surface area contributed by atoms with Crippen LogP contribution < -0.4 is 5.32 Å². The molecular weight excluding hydrogens is 373 g/mol. The second kappa shape index (κ2) is 5.91. The lowest BCUT2D eigenvalue weighted by atomic mass is 10.2. The average Bonchev–Trinajstić information content (AvgIpc) is 2.87. The van der Waals surface area contributed by atoms with Crippen molar-refractivity contribution in [2.24, 2.45) is 0 Å². The lowest BCUT2D eigenvalue weighted by molar-refractivity contribution is 0.526. The minimum absolute atomic E-state index is 0.0212. The number of benzene rings is 2. The number of halogens is 3. The smallest absolute Gasteiger partial charge is 0.134 e. The third-order valence-corrected chi connectivity index (χ3v) is 4.56. The van der Waals surface area contributed by atoms with Crippen LogP contribution >= 0.6 is 39.1 Å². The molecule has 1 N–H and O–H groups in total. The maximum atomic E-state index is 6.19. The largest absolute Gasteiger partial charge is 0.459 e. The number of furan rings is 1. The summed E-state index contributed by atoms with van der Waals surface area (Å²) in [5.74, 6) is 0.846. The summed E-state index contributed by atoms with van der Waals surface area (Å²) in [4.78, 5) is 0. The molecule has 2 aromatic carbocycles. The van der Waals surface area contributed by atoms with E-state index in [4.69, 9.17) is 27.6 Å². The quantitative estimate of drug-likeness (QED) is 0.545. The molecule has 0 aliphatic rings. The van der Waals surface area contributed by atoms with E-state index in [0.717, 1.165) is 26.9 Å². The first kappa shape index (κ1) is 14.8. The number of hydrogen-bond acceptors (Lipinski definition) is 2. The highest BCUT2D eigenvalue weighted by Crippen LogP contribution is 2.33. The van der Waals surface area contributed by atoms with Crippen LogP contribution in [0.2, 0.25) is 10.0 Å². The van der Waals surface area contributed by atoms with Gasteiger partial charge in [-0.05, 0) is 43.3 Å². The van der Waals surface area contributed by atoms with Gasteiger partial charge in [0.2, 0.25) is 0 Å². The Labute approximate surface area is 141 Å². The molecule has 5 heteroatoms. The summed E-state index contributed by atoms with van der Waals surface area (Å²) in [5, 5.41) is 5.43. The van der Waals surface area contributed by atoms with Gasteiger partial charge in [-0.15, -0.1) is 0 Å². The third kappa shape index (κ3) is 3.05. The molecule has 0 bridgehead atoms. The Morgan fingerprint density at radius 1 is 1.14 bits per heavy atom. The fourth-order valence-corrected chi connectivity index (χ4v) is 2.90. The molecule has 0 aliphatic heterocycles. The molecule has 3 aromatic rings. The maximum Gasteiger partial charge on any atom is 0.134 e. The van der Waals surface area contributed by atoms with Crippen molar-refractivity contribution in [2.45, 2.75) is 13.0 Å². The Morgan fingerprint density at radius 2 is 1.95 bits per heavy atom. The molecular formula is C16H12BrCl2NO. The van der Waals surface area contributed by atoms with Gasteiger partial charge in [-0.2, -0.15) is 0 Å². The molecule has 108 valence electrons. The lowest BCUT2D eigenvalue weighted by Crippen LogP contribution is -2.05. The summed E-state index contributed by atoms with van der Waals surface area (Å²) in [6.07, 6.45) is 0. The summed E-state index contributed by atoms with van der Waals surface area (Å²) in [6, 6.07) is 13.5. The first-order chi connectivity index (χ1) is 10.0. The Hall–Kier alpha value is -1.16. The van der Waals surface area contributed by atoms with E-state index in [0.29, 0.717) is 10.0 Å². The zero-order valence-electron chi connectivity index (χ0n) is 11.2. The minimum Gasteiger partial charge on any atom is -0.459 e. The summed E-state index contributed by atoms with van der Waals surface area (Å²) in [6.45, 7) is 2.02. The van der Waals surface area contributed by atoms with Crippen LogP contribution in [-0.4, -0.2) is 0 Å². The molecule has 3 rings (SSSR count). The highest BCUT2D eigenvalue weighted by molar-refractivity contribution is 9.10. The van der Waals surface area contributed by atoms with Crippen LogP contribution in [0.5, 0.6) is 0 Å². The molecule has 0 fully saturated rings. The number of rotatable bonds is 3. The van der Waals surface area contributed by atoms with Gasteiger partial charge < -0.3 is 9.73 Å². The molecule has 0 spiro atoms. The molecule has 1 atom stereocenters. The summed E-state index contributed by atoms with van der Waals surface area (Å²) >= 11 is 15.7. The Morgan fingerprint density at radius 3 is 2.76 bits per heavy atom. The number of nitrogens with one attached hydrogen (secondary N) is 1. The number of anilines is 1. The van der Waals surface area contributed by atoms with Gasteiger partial charge in [0.1, 0.15) is 11.3 Å². The molecule has 21 heavy (non-hydrogen) atoms. The second-order valence-electron chi connectivity index (χ2n) is 4.80. The maximum absolute atomic E-state index is 6.19. The monoisotopic (exact) mass is 383 g/mol. The van der Waals surface area contributed by atoms with Crippen LogP contribution in [0.1, 0.15) is 18.7 Å². The standard InChI is InChI=1S/C16H12BrCl2NO/c1-9(20-13-4-2-3-12(18)16(13)19)15-8-10-7-11(17)5-6-14(10)21-15/h2-9,20H,1H3. The van der Waals surface area contributed by atoms with E-state index in [9.17, 15) is 0 Å². The fourth-order valence-electron chi connectivity index (χ4n) is 2.17. The number of hydrogen-bond donors (Lipinski definition) is 1. The minimum atomic E-state index is -0.0212. The normalized spacial score (nSPS) is 12.6. The van der Waals surface area contributed by atoms with Crippen LogP contribution in [0, 0.1) is 0 Å². The van der Waals surface area contributed by atoms with Gasteiger partial charge in [0.25, 0.3) is 0 Å². The van der Waals surface area contributed by atoms with E-state index in [1.807, 2.05) is 43.3 Å². The van der Waals surface area contributed by atoms with Gasteiger partial charge in [-0.1, -0.05) is 45.2 Å². The molecule has 0 saturated carbocycles. The van der Waals surface area contributed by atoms with E-state index < -0.39 is 0 Å². The second-order valence-corrected chi connectivity index (χ2v) is 6.50. The van der Waals surface area contributed by atoms with Crippen molar-refractivity contribution in [3.8, 4) is 0 Å². The Kier molecular flexibility index (Phi) is 4.16. The molecule has 1 heterocycles. The third-order valence-electron chi connectivity index (χ3n) is 3.25. The SMILES string of the molecule is CC(Nc1cccc(Cl)c1Cl)c1cc2cc(Br)ccc2o1. The Bertz CT molecular complexity index is 800. The van der Waals surface area contributed by atoms with Crippen molar-refractivity contribution in [2.75, 3.05) is 5.32 Å². The van der Waals surface area contributed by atoms with Crippen molar-refractivity contribution in [3.63, 3.8) is 0 Å². The summed E-state index contributed by atoms with van der Waals surface area (Å²) < 4.78 is 6.90. The predicted molar refractivity (Wildman–Crippen MR) is 92.4 cm³/mol. The van der Waals surface area contributed by atoms with E-state index in [-0.39, 0.29) is 6.04 Å². The summed E-state index contributed by atoms with van der Waals surface area (Å²) in [5.41, 5.74) is 1.65. The lowest BCUT2D eigenvalue weighted by Gasteiger charge is -2.14. The molecule has 1 aromatic heterocycles. The molecule has 1 unspecified atom stereocenters. The van der Waals surface area contributed by atoms with Gasteiger partial charge in [-0.25, -0.2) is 0 Å². The topological polar surface area (TPSA) is 25.2 Å².